The Hall–Kier alpha value is -2.89. The van der Waals surface area contributed by atoms with Crippen molar-refractivity contribution in [3.63, 3.8) is 0 Å². The number of hydrogen-bond acceptors (Lipinski definition) is 4. The molecule has 0 atom stereocenters. The summed E-state index contributed by atoms with van der Waals surface area (Å²) < 4.78 is 7.43. The van der Waals surface area contributed by atoms with Crippen LogP contribution in [0, 0.1) is 5.92 Å². The number of amides is 1. The molecular weight excluding hydrogens is 364 g/mol. The molecular formula is C23H30N4O2. The third-order valence-electron chi connectivity index (χ3n) is 4.94. The number of pyridine rings is 1. The second-order valence-corrected chi connectivity index (χ2v) is 7.67. The van der Waals surface area contributed by atoms with E-state index in [0.717, 1.165) is 36.4 Å². The Morgan fingerprint density at radius 3 is 2.79 bits per heavy atom. The number of ether oxygens (including phenoxy) is 1. The lowest BCUT2D eigenvalue weighted by molar-refractivity contribution is 0.0729. The van der Waals surface area contributed by atoms with Crippen LogP contribution in [0.15, 0.2) is 42.6 Å². The molecule has 6 heteroatoms. The number of carbonyl (C=O) groups excluding carboxylic acids is 1. The smallest absolute Gasteiger partial charge is 0.254 e. The fourth-order valence-electron chi connectivity index (χ4n) is 3.36. The van der Waals surface area contributed by atoms with Gasteiger partial charge in [-0.2, -0.15) is 0 Å². The van der Waals surface area contributed by atoms with Gasteiger partial charge in [-0.3, -0.25) is 4.79 Å². The maximum atomic E-state index is 13.3. The first-order valence-electron chi connectivity index (χ1n) is 10.3. The van der Waals surface area contributed by atoms with Gasteiger partial charge in [-0.05, 0) is 49.1 Å². The Morgan fingerprint density at radius 2 is 2.07 bits per heavy atom. The van der Waals surface area contributed by atoms with Crippen molar-refractivity contribution in [2.45, 2.75) is 46.7 Å². The van der Waals surface area contributed by atoms with Crippen LogP contribution in [0.1, 0.15) is 49.8 Å². The number of rotatable bonds is 9. The summed E-state index contributed by atoms with van der Waals surface area (Å²) in [5, 5.41) is 0. The second kappa shape index (κ2) is 9.54. The fourth-order valence-corrected chi connectivity index (χ4v) is 3.36. The zero-order chi connectivity index (χ0) is 20.8. The molecule has 3 aromatic rings. The largest absolute Gasteiger partial charge is 0.497 e. The van der Waals surface area contributed by atoms with E-state index >= 15 is 0 Å². The van der Waals surface area contributed by atoms with Crippen LogP contribution in [-0.4, -0.2) is 39.0 Å². The molecule has 0 aliphatic heterocycles. The quantitative estimate of drug-likeness (QED) is 0.535. The molecule has 0 N–H and O–H groups in total. The van der Waals surface area contributed by atoms with Crippen molar-refractivity contribution in [3.05, 3.63) is 54.0 Å². The van der Waals surface area contributed by atoms with Gasteiger partial charge < -0.3 is 14.2 Å². The summed E-state index contributed by atoms with van der Waals surface area (Å²) in [5.74, 6) is 2.06. The monoisotopic (exact) mass is 394 g/mol. The summed E-state index contributed by atoms with van der Waals surface area (Å²) in [6.45, 7) is 8.44. The third kappa shape index (κ3) is 4.94. The molecule has 0 fully saturated rings. The minimum atomic E-state index is -0.00684. The van der Waals surface area contributed by atoms with Crippen molar-refractivity contribution < 1.29 is 9.53 Å². The zero-order valence-electron chi connectivity index (χ0n) is 17.8. The maximum Gasteiger partial charge on any atom is 0.254 e. The van der Waals surface area contributed by atoms with Crippen LogP contribution in [0.4, 0.5) is 0 Å². The molecule has 154 valence electrons. The fraction of sp³-hybridized carbons (Fsp3) is 0.435. The van der Waals surface area contributed by atoms with E-state index in [1.807, 2.05) is 35.2 Å². The van der Waals surface area contributed by atoms with Crippen LogP contribution in [0.3, 0.4) is 0 Å². The van der Waals surface area contributed by atoms with Crippen molar-refractivity contribution in [3.8, 4) is 5.75 Å². The Labute approximate surface area is 172 Å². The first-order chi connectivity index (χ1) is 14.0. The van der Waals surface area contributed by atoms with Gasteiger partial charge in [-0.25, -0.2) is 9.97 Å². The van der Waals surface area contributed by atoms with Crippen LogP contribution < -0.4 is 4.74 Å². The average molecular weight is 395 g/mol. The summed E-state index contributed by atoms with van der Waals surface area (Å²) in [5.41, 5.74) is 2.37. The van der Waals surface area contributed by atoms with E-state index in [4.69, 9.17) is 9.72 Å². The van der Waals surface area contributed by atoms with Crippen LogP contribution in [0.5, 0.6) is 5.75 Å². The Morgan fingerprint density at radius 1 is 1.24 bits per heavy atom. The van der Waals surface area contributed by atoms with Gasteiger partial charge in [0.2, 0.25) is 0 Å². The molecule has 2 heterocycles. The molecule has 2 aromatic heterocycles. The van der Waals surface area contributed by atoms with Crippen LogP contribution in [0.25, 0.3) is 11.2 Å². The summed E-state index contributed by atoms with van der Waals surface area (Å²) >= 11 is 0. The van der Waals surface area contributed by atoms with Gasteiger partial charge in [0.05, 0.1) is 13.7 Å². The SMILES string of the molecule is CCCn1c(CN(CCC(C)C)C(=O)c2cccc(OC)c2)nc2cccnc21. The standard InChI is InChI=1S/C23H30N4O2/c1-5-13-27-21(25-20-10-7-12-24-22(20)27)16-26(14-11-17(2)3)23(28)18-8-6-9-19(15-18)29-4/h6-10,12,15,17H,5,11,13-14,16H2,1-4H3. The highest BCUT2D eigenvalue weighted by molar-refractivity contribution is 5.94. The number of imidazole rings is 1. The predicted molar refractivity (Wildman–Crippen MR) is 115 cm³/mol. The molecule has 0 radical (unpaired) electrons. The van der Waals surface area contributed by atoms with Crippen LogP contribution in [0.2, 0.25) is 0 Å². The normalized spacial score (nSPS) is 11.2. The molecule has 0 saturated heterocycles. The molecule has 0 aliphatic rings. The average Bonchev–Trinajstić information content (AvgIpc) is 3.08. The van der Waals surface area contributed by atoms with Gasteiger partial charge in [-0.1, -0.05) is 26.8 Å². The van der Waals surface area contributed by atoms with E-state index < -0.39 is 0 Å². The predicted octanol–water partition coefficient (Wildman–Crippen LogP) is 4.54. The van der Waals surface area contributed by atoms with Crippen molar-refractivity contribution in [2.75, 3.05) is 13.7 Å². The number of aryl methyl sites for hydroxylation is 1. The maximum absolute atomic E-state index is 13.3. The summed E-state index contributed by atoms with van der Waals surface area (Å²) in [6, 6.07) is 11.2. The van der Waals surface area contributed by atoms with E-state index in [1.165, 1.54) is 0 Å². The molecule has 1 aromatic carbocycles. The molecule has 0 saturated carbocycles. The van der Waals surface area contributed by atoms with Gasteiger partial charge >= 0.3 is 0 Å². The number of benzene rings is 1. The number of fused-ring (bicyclic) bond motifs is 1. The van der Waals surface area contributed by atoms with Crippen molar-refractivity contribution in [1.82, 2.24) is 19.4 Å². The number of methoxy groups -OCH3 is 1. The Balaban J connectivity index is 1.94. The molecule has 1 amide bonds. The lowest BCUT2D eigenvalue weighted by atomic mass is 10.1. The number of carbonyl (C=O) groups is 1. The minimum Gasteiger partial charge on any atom is -0.497 e. The van der Waals surface area contributed by atoms with Gasteiger partial charge in [-0.15, -0.1) is 0 Å². The van der Waals surface area contributed by atoms with E-state index in [9.17, 15) is 4.79 Å². The van der Waals surface area contributed by atoms with Crippen molar-refractivity contribution in [1.29, 1.82) is 0 Å². The molecule has 0 aliphatic carbocycles. The van der Waals surface area contributed by atoms with Gasteiger partial charge in [0, 0.05) is 24.8 Å². The first-order valence-corrected chi connectivity index (χ1v) is 10.3. The molecule has 0 unspecified atom stereocenters. The highest BCUT2D eigenvalue weighted by atomic mass is 16.5. The van der Waals surface area contributed by atoms with Crippen molar-refractivity contribution in [2.24, 2.45) is 5.92 Å². The number of aromatic nitrogens is 3. The van der Waals surface area contributed by atoms with Crippen molar-refractivity contribution >= 4 is 17.1 Å². The summed E-state index contributed by atoms with van der Waals surface area (Å²) in [7, 11) is 1.61. The minimum absolute atomic E-state index is 0.00684. The third-order valence-corrected chi connectivity index (χ3v) is 4.94. The van der Waals surface area contributed by atoms with Gasteiger partial charge in [0.15, 0.2) is 5.65 Å². The lowest BCUT2D eigenvalue weighted by Crippen LogP contribution is -2.33. The Kier molecular flexibility index (Phi) is 6.86. The topological polar surface area (TPSA) is 60.2 Å². The lowest BCUT2D eigenvalue weighted by Gasteiger charge is -2.24. The molecule has 3 rings (SSSR count). The van der Waals surface area contributed by atoms with Gasteiger partial charge in [0.25, 0.3) is 5.91 Å². The van der Waals surface area contributed by atoms with Crippen LogP contribution >= 0.6 is 0 Å². The van der Waals surface area contributed by atoms with E-state index in [-0.39, 0.29) is 5.91 Å². The van der Waals surface area contributed by atoms with E-state index in [2.05, 4.69) is 30.3 Å². The zero-order valence-corrected chi connectivity index (χ0v) is 17.8. The highest BCUT2D eigenvalue weighted by Gasteiger charge is 2.21. The summed E-state index contributed by atoms with van der Waals surface area (Å²) in [4.78, 5) is 24.5. The summed E-state index contributed by atoms with van der Waals surface area (Å²) in [6.07, 6.45) is 3.70. The number of nitrogens with zero attached hydrogens (tertiary/aromatic N) is 4. The van der Waals surface area contributed by atoms with Crippen LogP contribution in [-0.2, 0) is 13.1 Å². The van der Waals surface area contributed by atoms with Gasteiger partial charge in [0.1, 0.15) is 17.1 Å². The molecule has 0 spiro atoms. The Bertz CT molecular complexity index is 964. The van der Waals surface area contributed by atoms with E-state index in [0.29, 0.717) is 30.3 Å². The molecule has 6 nitrogen and oxygen atoms in total. The molecule has 0 bridgehead atoms. The first kappa shape index (κ1) is 20.8. The highest BCUT2D eigenvalue weighted by Crippen LogP contribution is 2.20. The second-order valence-electron chi connectivity index (χ2n) is 7.67. The number of hydrogen-bond donors (Lipinski definition) is 0. The molecule has 29 heavy (non-hydrogen) atoms. The van der Waals surface area contributed by atoms with E-state index in [1.54, 1.807) is 19.4 Å².